The molecule has 6 heteroatoms. The Bertz CT molecular complexity index is 889. The smallest absolute Gasteiger partial charge is 0.261 e. The summed E-state index contributed by atoms with van der Waals surface area (Å²) in [5.41, 5.74) is 2.32. The highest BCUT2D eigenvalue weighted by Gasteiger charge is 2.13. The summed E-state index contributed by atoms with van der Waals surface area (Å²) in [6.45, 7) is 8.28. The summed E-state index contributed by atoms with van der Waals surface area (Å²) in [4.78, 5) is 15.6. The van der Waals surface area contributed by atoms with Crippen molar-refractivity contribution in [2.45, 2.75) is 26.4 Å². The van der Waals surface area contributed by atoms with E-state index in [4.69, 9.17) is 4.74 Å². The topological polar surface area (TPSA) is 46.5 Å². The van der Waals surface area contributed by atoms with Gasteiger partial charge in [-0.05, 0) is 37.6 Å². The van der Waals surface area contributed by atoms with Gasteiger partial charge in [-0.1, -0.05) is 12.1 Å². The van der Waals surface area contributed by atoms with E-state index in [1.165, 1.54) is 5.69 Å². The maximum absolute atomic E-state index is 12.5. The van der Waals surface area contributed by atoms with Gasteiger partial charge in [0.25, 0.3) is 5.91 Å². The Balaban J connectivity index is 1.36. The molecule has 0 aliphatic carbocycles. The summed E-state index contributed by atoms with van der Waals surface area (Å²) in [5.74, 6) is -0.00967. The van der Waals surface area contributed by atoms with E-state index in [0.717, 1.165) is 46.8 Å². The van der Waals surface area contributed by atoms with Gasteiger partial charge in [-0.15, -0.1) is 11.3 Å². The first-order chi connectivity index (χ1) is 13.1. The van der Waals surface area contributed by atoms with Crippen LogP contribution in [0.15, 0.2) is 42.7 Å². The number of hydrogen-bond acceptors (Lipinski definition) is 4. The highest BCUT2D eigenvalue weighted by Crippen LogP contribution is 2.28. The molecule has 5 nitrogen and oxygen atoms in total. The molecule has 1 aliphatic heterocycles. The van der Waals surface area contributed by atoms with E-state index in [9.17, 15) is 4.79 Å². The van der Waals surface area contributed by atoms with Gasteiger partial charge >= 0.3 is 0 Å². The van der Waals surface area contributed by atoms with Gasteiger partial charge in [0.1, 0.15) is 0 Å². The van der Waals surface area contributed by atoms with Gasteiger partial charge in [0, 0.05) is 49.1 Å². The van der Waals surface area contributed by atoms with E-state index < -0.39 is 0 Å². The number of nitrogens with one attached hydrogen (secondary N) is 1. The normalized spacial score (nSPS) is 14.9. The van der Waals surface area contributed by atoms with Crippen molar-refractivity contribution in [2.75, 3.05) is 31.2 Å². The lowest BCUT2D eigenvalue weighted by Crippen LogP contribution is -2.36. The van der Waals surface area contributed by atoms with Crippen LogP contribution in [0.4, 0.5) is 5.69 Å². The van der Waals surface area contributed by atoms with Gasteiger partial charge < -0.3 is 19.5 Å². The highest BCUT2D eigenvalue weighted by molar-refractivity contribution is 7.20. The minimum Gasteiger partial charge on any atom is -0.378 e. The summed E-state index contributed by atoms with van der Waals surface area (Å²) < 4.78 is 8.73. The number of ether oxygens (including phenoxy) is 1. The van der Waals surface area contributed by atoms with Crippen molar-refractivity contribution in [3.8, 4) is 0 Å². The Hall–Kier alpha value is -2.31. The molecule has 27 heavy (non-hydrogen) atoms. The number of hydrogen-bond donors (Lipinski definition) is 1. The number of benzene rings is 1. The van der Waals surface area contributed by atoms with Crippen molar-refractivity contribution in [1.29, 1.82) is 0 Å². The summed E-state index contributed by atoms with van der Waals surface area (Å²) in [5, 5.41) is 4.17. The molecule has 0 atom stereocenters. The molecule has 1 saturated heterocycles. The average molecular weight is 384 g/mol. The van der Waals surface area contributed by atoms with Gasteiger partial charge in [0.15, 0.2) is 0 Å². The predicted molar refractivity (Wildman–Crippen MR) is 111 cm³/mol. The van der Waals surface area contributed by atoms with E-state index in [1.807, 2.05) is 6.07 Å². The van der Waals surface area contributed by atoms with Crippen molar-refractivity contribution in [3.63, 3.8) is 0 Å². The number of fused-ring (bicyclic) bond motifs is 1. The second kappa shape index (κ2) is 7.74. The Morgan fingerprint density at radius 3 is 2.59 bits per heavy atom. The van der Waals surface area contributed by atoms with E-state index >= 15 is 0 Å². The molecule has 142 valence electrons. The molecule has 1 N–H and O–H groups in total. The number of aromatic nitrogens is 1. The zero-order valence-electron chi connectivity index (χ0n) is 15.8. The zero-order valence-corrected chi connectivity index (χ0v) is 16.6. The van der Waals surface area contributed by atoms with Crippen molar-refractivity contribution >= 4 is 33.0 Å². The van der Waals surface area contributed by atoms with Crippen LogP contribution in [0.3, 0.4) is 0 Å². The van der Waals surface area contributed by atoms with Crippen LogP contribution >= 0.6 is 11.3 Å². The van der Waals surface area contributed by atoms with Crippen molar-refractivity contribution in [3.05, 3.63) is 53.2 Å². The van der Waals surface area contributed by atoms with Crippen LogP contribution in [0.2, 0.25) is 0 Å². The lowest BCUT2D eigenvalue weighted by atomic mass is 10.2. The molecule has 3 aromatic rings. The Morgan fingerprint density at radius 2 is 1.93 bits per heavy atom. The first-order valence-electron chi connectivity index (χ1n) is 9.41. The van der Waals surface area contributed by atoms with Crippen LogP contribution < -0.4 is 10.2 Å². The molecule has 0 bridgehead atoms. The number of carbonyl (C=O) groups excluding carboxylic acids is 1. The van der Waals surface area contributed by atoms with E-state index in [2.05, 4.69) is 65.3 Å². The Kier molecular flexibility index (Phi) is 5.18. The molecule has 4 rings (SSSR count). The lowest BCUT2D eigenvalue weighted by molar-refractivity contribution is 0.0955. The molecule has 2 aromatic heterocycles. The lowest BCUT2D eigenvalue weighted by Gasteiger charge is -2.28. The minimum absolute atomic E-state index is 0.00967. The molecule has 0 spiro atoms. The molecular weight excluding hydrogens is 358 g/mol. The molecule has 1 fully saturated rings. The van der Waals surface area contributed by atoms with Crippen LogP contribution in [0.1, 0.15) is 35.1 Å². The largest absolute Gasteiger partial charge is 0.378 e. The molecule has 1 amide bonds. The molecule has 3 heterocycles. The second-order valence-corrected chi connectivity index (χ2v) is 8.26. The van der Waals surface area contributed by atoms with Gasteiger partial charge in [-0.2, -0.15) is 0 Å². The SMILES string of the molecule is CC(C)n1cc2cc(C(=O)NCc3ccc(N4CCOCC4)cc3)sc2c1. The highest BCUT2D eigenvalue weighted by atomic mass is 32.1. The number of amides is 1. The fraction of sp³-hybridized carbons (Fsp3) is 0.381. The summed E-state index contributed by atoms with van der Waals surface area (Å²) in [7, 11) is 0. The monoisotopic (exact) mass is 383 g/mol. The Labute approximate surface area is 163 Å². The number of carbonyl (C=O) groups is 1. The summed E-state index contributed by atoms with van der Waals surface area (Å²) >= 11 is 1.55. The number of rotatable bonds is 5. The first kappa shape index (κ1) is 18.1. The molecule has 1 aliphatic rings. The third-order valence-electron chi connectivity index (χ3n) is 4.93. The third-order valence-corrected chi connectivity index (χ3v) is 6.02. The maximum atomic E-state index is 12.5. The van der Waals surface area contributed by atoms with Crippen LogP contribution in [-0.4, -0.2) is 36.8 Å². The average Bonchev–Trinajstić information content (AvgIpc) is 3.27. The third kappa shape index (κ3) is 4.01. The van der Waals surface area contributed by atoms with Crippen LogP contribution in [0.25, 0.3) is 10.1 Å². The second-order valence-electron chi connectivity index (χ2n) is 7.18. The number of nitrogens with zero attached hydrogens (tertiary/aromatic N) is 2. The molecule has 0 radical (unpaired) electrons. The summed E-state index contributed by atoms with van der Waals surface area (Å²) in [6.07, 6.45) is 4.23. The van der Waals surface area contributed by atoms with E-state index in [0.29, 0.717) is 12.6 Å². The standard InChI is InChI=1S/C21H25N3O2S/c1-15(2)24-13-17-11-19(27-20(17)14-24)21(25)22-12-16-3-5-18(6-4-16)23-7-9-26-10-8-23/h3-6,11,13-15H,7-10,12H2,1-2H3,(H,22,25). The van der Waals surface area contributed by atoms with Crippen LogP contribution in [-0.2, 0) is 11.3 Å². The van der Waals surface area contributed by atoms with Crippen molar-refractivity contribution in [2.24, 2.45) is 0 Å². The van der Waals surface area contributed by atoms with Gasteiger partial charge in [-0.25, -0.2) is 0 Å². The first-order valence-corrected chi connectivity index (χ1v) is 10.2. The molecule has 0 unspecified atom stereocenters. The predicted octanol–water partition coefficient (Wildman–Crippen LogP) is 4.05. The number of anilines is 1. The molecule has 0 saturated carbocycles. The molecular formula is C21H25N3O2S. The number of thiophene rings is 1. The van der Waals surface area contributed by atoms with Gasteiger partial charge in [-0.3, -0.25) is 4.79 Å². The van der Waals surface area contributed by atoms with E-state index in [1.54, 1.807) is 11.3 Å². The quantitative estimate of drug-likeness (QED) is 0.723. The molecule has 1 aromatic carbocycles. The van der Waals surface area contributed by atoms with Crippen molar-refractivity contribution in [1.82, 2.24) is 9.88 Å². The zero-order chi connectivity index (χ0) is 18.8. The Morgan fingerprint density at radius 1 is 1.19 bits per heavy atom. The number of morpholine rings is 1. The summed E-state index contributed by atoms with van der Waals surface area (Å²) in [6, 6.07) is 10.8. The van der Waals surface area contributed by atoms with Crippen LogP contribution in [0.5, 0.6) is 0 Å². The van der Waals surface area contributed by atoms with Crippen LogP contribution in [0, 0.1) is 0 Å². The fourth-order valence-corrected chi connectivity index (χ4v) is 4.27. The van der Waals surface area contributed by atoms with E-state index in [-0.39, 0.29) is 5.91 Å². The van der Waals surface area contributed by atoms with Gasteiger partial charge in [0.05, 0.1) is 22.8 Å². The fourth-order valence-electron chi connectivity index (χ4n) is 3.28. The van der Waals surface area contributed by atoms with Gasteiger partial charge in [0.2, 0.25) is 0 Å². The minimum atomic E-state index is -0.00967. The van der Waals surface area contributed by atoms with Crippen molar-refractivity contribution < 1.29 is 9.53 Å². The maximum Gasteiger partial charge on any atom is 0.261 e.